The number of aromatic amines is 1. The number of hydrogen-bond acceptors (Lipinski definition) is 4. The van der Waals surface area contributed by atoms with E-state index in [-0.39, 0.29) is 11.8 Å². The Labute approximate surface area is 199 Å². The molecule has 1 aliphatic rings. The van der Waals surface area contributed by atoms with E-state index in [0.29, 0.717) is 49.5 Å². The zero-order chi connectivity index (χ0) is 23.4. The van der Waals surface area contributed by atoms with Crippen LogP contribution in [0.2, 0.25) is 0 Å². The second-order valence-corrected chi connectivity index (χ2v) is 8.73. The first-order chi connectivity index (χ1) is 16.0. The van der Waals surface area contributed by atoms with E-state index in [9.17, 15) is 9.59 Å². The Morgan fingerprint density at radius 3 is 2.39 bits per heavy atom. The van der Waals surface area contributed by atoms with Gasteiger partial charge in [-0.2, -0.15) is 5.10 Å². The number of nitrogens with one attached hydrogen (secondary N) is 1. The van der Waals surface area contributed by atoms with Crippen molar-refractivity contribution < 1.29 is 9.59 Å². The molecule has 2 heterocycles. The summed E-state index contributed by atoms with van der Waals surface area (Å²) < 4.78 is 2.38. The summed E-state index contributed by atoms with van der Waals surface area (Å²) in [6.07, 6.45) is 1.28. The van der Waals surface area contributed by atoms with E-state index in [4.69, 9.17) is 12.2 Å². The number of hydrogen-bond donors (Lipinski definition) is 1. The first-order valence-corrected chi connectivity index (χ1v) is 11.8. The number of nitrogens with zero attached hydrogens (tertiary/aromatic N) is 4. The molecule has 2 amide bonds. The first kappa shape index (κ1) is 22.9. The van der Waals surface area contributed by atoms with Crippen LogP contribution in [0.1, 0.15) is 34.8 Å². The zero-order valence-corrected chi connectivity index (χ0v) is 19.9. The molecule has 172 valence electrons. The molecule has 3 aromatic rings. The number of carbonyl (C=O) groups is 2. The monoisotopic (exact) mass is 463 g/mol. The molecule has 1 aliphatic heterocycles. The molecular formula is C25H29N5O2S. The predicted molar refractivity (Wildman–Crippen MR) is 131 cm³/mol. The summed E-state index contributed by atoms with van der Waals surface area (Å²) in [7, 11) is 0. The zero-order valence-electron chi connectivity index (χ0n) is 19.1. The maximum atomic E-state index is 12.9. The molecule has 0 unspecified atom stereocenters. The third kappa shape index (κ3) is 5.22. The van der Waals surface area contributed by atoms with Crippen LogP contribution in [0.5, 0.6) is 0 Å². The molecule has 0 spiro atoms. The molecule has 1 fully saturated rings. The number of aromatic nitrogens is 3. The van der Waals surface area contributed by atoms with E-state index in [0.717, 1.165) is 23.4 Å². The summed E-state index contributed by atoms with van der Waals surface area (Å²) >= 11 is 5.40. The Morgan fingerprint density at radius 2 is 1.73 bits per heavy atom. The molecule has 7 nitrogen and oxygen atoms in total. The smallest absolute Gasteiger partial charge is 0.253 e. The van der Waals surface area contributed by atoms with E-state index >= 15 is 0 Å². The Morgan fingerprint density at radius 1 is 1.03 bits per heavy atom. The Balaban J connectivity index is 1.33. The normalized spacial score (nSPS) is 13.9. The van der Waals surface area contributed by atoms with Crippen molar-refractivity contribution in [3.8, 4) is 11.4 Å². The summed E-state index contributed by atoms with van der Waals surface area (Å²) in [5.74, 6) is 0.825. The van der Waals surface area contributed by atoms with Crippen molar-refractivity contribution in [2.45, 2.75) is 33.2 Å². The average Bonchev–Trinajstić information content (AvgIpc) is 3.22. The lowest BCUT2D eigenvalue weighted by Gasteiger charge is -2.35. The molecular weight excluding hydrogens is 434 g/mol. The van der Waals surface area contributed by atoms with Gasteiger partial charge in [0.15, 0.2) is 10.6 Å². The van der Waals surface area contributed by atoms with Crippen molar-refractivity contribution in [1.82, 2.24) is 24.6 Å². The molecule has 0 radical (unpaired) electrons. The maximum absolute atomic E-state index is 12.9. The van der Waals surface area contributed by atoms with Crippen LogP contribution in [0, 0.1) is 11.7 Å². The van der Waals surface area contributed by atoms with Gasteiger partial charge in [0.05, 0.1) is 0 Å². The van der Waals surface area contributed by atoms with Gasteiger partial charge in [-0.15, -0.1) is 0 Å². The first-order valence-electron chi connectivity index (χ1n) is 11.3. The molecule has 1 aromatic heterocycles. The lowest BCUT2D eigenvalue weighted by Crippen LogP contribution is -2.50. The minimum Gasteiger partial charge on any atom is -0.339 e. The van der Waals surface area contributed by atoms with Crippen LogP contribution >= 0.6 is 12.2 Å². The van der Waals surface area contributed by atoms with Crippen molar-refractivity contribution >= 4 is 24.0 Å². The number of aryl methyl sites for hydroxylation is 2. The highest BCUT2D eigenvalue weighted by atomic mass is 32.1. The van der Waals surface area contributed by atoms with Gasteiger partial charge in [-0.1, -0.05) is 42.8 Å². The molecule has 0 atom stereocenters. The molecule has 0 aliphatic carbocycles. The third-order valence-electron chi connectivity index (χ3n) is 6.11. The molecule has 4 rings (SSSR count). The lowest BCUT2D eigenvalue weighted by molar-refractivity contribution is -0.132. The molecule has 1 saturated heterocycles. The van der Waals surface area contributed by atoms with Crippen LogP contribution < -0.4 is 0 Å². The third-order valence-corrected chi connectivity index (χ3v) is 6.42. The van der Waals surface area contributed by atoms with E-state index in [1.807, 2.05) is 63.8 Å². The van der Waals surface area contributed by atoms with Crippen molar-refractivity contribution in [2.75, 3.05) is 26.2 Å². The highest BCUT2D eigenvalue weighted by molar-refractivity contribution is 7.71. The quantitative estimate of drug-likeness (QED) is 0.564. The lowest BCUT2D eigenvalue weighted by atomic mass is 10.1. The highest BCUT2D eigenvalue weighted by Crippen LogP contribution is 2.19. The van der Waals surface area contributed by atoms with Gasteiger partial charge in [0, 0.05) is 50.3 Å². The van der Waals surface area contributed by atoms with Crippen molar-refractivity contribution in [2.24, 2.45) is 0 Å². The van der Waals surface area contributed by atoms with E-state index in [2.05, 4.69) is 23.2 Å². The van der Waals surface area contributed by atoms with Gasteiger partial charge >= 0.3 is 0 Å². The number of carbonyl (C=O) groups excluding carboxylic acids is 2. The second-order valence-electron chi connectivity index (χ2n) is 8.35. The van der Waals surface area contributed by atoms with E-state index in [1.54, 1.807) is 0 Å². The summed E-state index contributed by atoms with van der Waals surface area (Å²) in [5, 5.41) is 7.21. The molecule has 8 heteroatoms. The van der Waals surface area contributed by atoms with Crippen LogP contribution in [-0.4, -0.2) is 62.6 Å². The predicted octanol–water partition coefficient (Wildman–Crippen LogP) is 3.85. The van der Waals surface area contributed by atoms with E-state index < -0.39 is 0 Å². The molecule has 0 bridgehead atoms. The summed E-state index contributed by atoms with van der Waals surface area (Å²) in [6, 6.07) is 15.8. The summed E-state index contributed by atoms with van der Waals surface area (Å²) in [5.41, 5.74) is 4.02. The number of H-pyrrole nitrogens is 1. The average molecular weight is 464 g/mol. The minimum absolute atomic E-state index is 0.0252. The van der Waals surface area contributed by atoms with Crippen LogP contribution in [-0.2, 0) is 17.8 Å². The van der Waals surface area contributed by atoms with Crippen LogP contribution in [0.15, 0.2) is 48.5 Å². The van der Waals surface area contributed by atoms with Gasteiger partial charge in [0.2, 0.25) is 5.91 Å². The fourth-order valence-electron chi connectivity index (χ4n) is 4.12. The van der Waals surface area contributed by atoms with Crippen LogP contribution in [0.4, 0.5) is 0 Å². The Hall–Kier alpha value is -3.26. The molecule has 0 saturated carbocycles. The van der Waals surface area contributed by atoms with Crippen LogP contribution in [0.3, 0.4) is 0 Å². The summed E-state index contributed by atoms with van der Waals surface area (Å²) in [4.78, 5) is 29.3. The minimum atomic E-state index is 0.0252. The fourth-order valence-corrected chi connectivity index (χ4v) is 4.34. The fraction of sp³-hybridized carbons (Fsp3) is 0.360. The maximum Gasteiger partial charge on any atom is 0.253 e. The number of piperazine rings is 1. The summed E-state index contributed by atoms with van der Waals surface area (Å²) in [6.45, 7) is 6.75. The van der Waals surface area contributed by atoms with Gasteiger partial charge in [0.25, 0.3) is 5.91 Å². The number of benzene rings is 2. The van der Waals surface area contributed by atoms with Crippen molar-refractivity contribution in [3.63, 3.8) is 0 Å². The highest BCUT2D eigenvalue weighted by Gasteiger charge is 2.25. The van der Waals surface area contributed by atoms with Gasteiger partial charge in [0.1, 0.15) is 0 Å². The van der Waals surface area contributed by atoms with E-state index in [1.165, 1.54) is 5.56 Å². The van der Waals surface area contributed by atoms with Gasteiger partial charge in [-0.05, 0) is 49.3 Å². The Bertz CT molecular complexity index is 1190. The Kier molecular flexibility index (Phi) is 7.03. The topological polar surface area (TPSA) is 74.2 Å². The van der Waals surface area contributed by atoms with Crippen LogP contribution in [0.25, 0.3) is 11.4 Å². The SMILES string of the molecule is CCc1ccc(C(=O)N2CCN(C(=O)CCn3c(-c4cccc(C)c4)n[nH]c3=S)CC2)cc1. The van der Waals surface area contributed by atoms with Gasteiger partial charge < -0.3 is 9.80 Å². The standard InChI is InChI=1S/C25H29N5O2S/c1-3-19-7-9-20(10-8-19)24(32)29-15-13-28(14-16-29)22(31)11-12-30-23(26-27-25(30)33)21-6-4-5-18(2)17-21/h4-10,17H,3,11-16H2,1-2H3,(H,27,33). The van der Waals surface area contributed by atoms with Gasteiger partial charge in [-0.25, -0.2) is 0 Å². The second kappa shape index (κ2) is 10.1. The molecule has 1 N–H and O–H groups in total. The van der Waals surface area contributed by atoms with Gasteiger partial charge in [-0.3, -0.25) is 19.3 Å². The van der Waals surface area contributed by atoms with Crippen molar-refractivity contribution in [3.05, 3.63) is 70.0 Å². The molecule has 33 heavy (non-hydrogen) atoms. The number of rotatable bonds is 6. The number of amides is 2. The van der Waals surface area contributed by atoms with Crippen molar-refractivity contribution in [1.29, 1.82) is 0 Å². The molecule has 2 aromatic carbocycles. The largest absolute Gasteiger partial charge is 0.339 e.